The van der Waals surface area contributed by atoms with Crippen molar-refractivity contribution in [3.05, 3.63) is 35.9 Å². The Morgan fingerprint density at radius 3 is 2.50 bits per heavy atom. The smallest absolute Gasteiger partial charge is 0.405 e. The number of hydrogen-bond acceptors (Lipinski definition) is 3. The van der Waals surface area contributed by atoms with Gasteiger partial charge in [0.2, 0.25) is 0 Å². The zero-order chi connectivity index (χ0) is 12.0. The zero-order valence-electron chi connectivity index (χ0n) is 8.84. The molecule has 1 rings (SSSR count). The van der Waals surface area contributed by atoms with Gasteiger partial charge in [0.1, 0.15) is 0 Å². The van der Waals surface area contributed by atoms with Gasteiger partial charge in [0.05, 0.1) is 19.6 Å². The number of methoxy groups -OCH3 is 1. The van der Waals surface area contributed by atoms with E-state index >= 15 is 0 Å². The molecule has 5 nitrogen and oxygen atoms in total. The van der Waals surface area contributed by atoms with Crippen LogP contribution >= 0.6 is 0 Å². The van der Waals surface area contributed by atoms with Crippen LogP contribution < -0.4 is 5.32 Å². The number of carbonyl (C=O) groups is 2. The van der Waals surface area contributed by atoms with Crippen molar-refractivity contribution in [2.75, 3.05) is 7.11 Å². The Bertz CT molecular complexity index is 364. The van der Waals surface area contributed by atoms with Gasteiger partial charge in [0, 0.05) is 0 Å². The minimum Gasteiger partial charge on any atom is -0.469 e. The first-order valence-corrected chi connectivity index (χ1v) is 4.74. The molecule has 86 valence electrons. The van der Waals surface area contributed by atoms with Crippen LogP contribution in [0, 0.1) is 0 Å². The van der Waals surface area contributed by atoms with Crippen LogP contribution in [0.4, 0.5) is 4.79 Å². The summed E-state index contributed by atoms with van der Waals surface area (Å²) >= 11 is 0. The maximum atomic E-state index is 11.1. The molecule has 1 amide bonds. The van der Waals surface area contributed by atoms with Crippen molar-refractivity contribution in [3.63, 3.8) is 0 Å². The standard InChI is InChI=1S/C11H13NO4/c1-16-10(13)7-9(12-11(14)15)8-5-3-2-4-6-8/h2-6,9,12H,7H2,1H3,(H,14,15). The fourth-order valence-corrected chi connectivity index (χ4v) is 1.34. The normalized spacial score (nSPS) is 11.6. The Labute approximate surface area is 93.0 Å². The average molecular weight is 223 g/mol. The van der Waals surface area contributed by atoms with Crippen molar-refractivity contribution in [1.29, 1.82) is 0 Å². The third-order valence-corrected chi connectivity index (χ3v) is 2.10. The molecule has 0 fully saturated rings. The highest BCUT2D eigenvalue weighted by atomic mass is 16.5. The van der Waals surface area contributed by atoms with E-state index in [0.717, 1.165) is 5.56 Å². The summed E-state index contributed by atoms with van der Waals surface area (Å²) in [5, 5.41) is 10.9. The van der Waals surface area contributed by atoms with Crippen LogP contribution in [0.25, 0.3) is 0 Å². The van der Waals surface area contributed by atoms with E-state index in [9.17, 15) is 9.59 Å². The Morgan fingerprint density at radius 1 is 1.38 bits per heavy atom. The van der Waals surface area contributed by atoms with E-state index in [0.29, 0.717) is 0 Å². The first-order valence-electron chi connectivity index (χ1n) is 4.74. The first kappa shape index (κ1) is 12.0. The van der Waals surface area contributed by atoms with Crippen LogP contribution in [-0.2, 0) is 9.53 Å². The van der Waals surface area contributed by atoms with Crippen LogP contribution in [0.3, 0.4) is 0 Å². The molecule has 1 aromatic carbocycles. The van der Waals surface area contributed by atoms with Crippen molar-refractivity contribution in [2.24, 2.45) is 0 Å². The summed E-state index contributed by atoms with van der Waals surface area (Å²) in [6, 6.07) is 8.31. The minimum absolute atomic E-state index is 0.0210. The van der Waals surface area contributed by atoms with Gasteiger partial charge in [-0.2, -0.15) is 0 Å². The second-order valence-electron chi connectivity index (χ2n) is 3.19. The van der Waals surface area contributed by atoms with E-state index in [2.05, 4.69) is 10.1 Å². The molecule has 0 aromatic heterocycles. The van der Waals surface area contributed by atoms with Gasteiger partial charge in [-0.3, -0.25) is 4.79 Å². The summed E-state index contributed by atoms with van der Waals surface area (Å²) in [5.74, 6) is -0.456. The predicted molar refractivity (Wildman–Crippen MR) is 57.0 cm³/mol. The van der Waals surface area contributed by atoms with Crippen LogP contribution in [0.2, 0.25) is 0 Å². The second kappa shape index (κ2) is 5.75. The largest absolute Gasteiger partial charge is 0.469 e. The summed E-state index contributed by atoms with van der Waals surface area (Å²) in [5.41, 5.74) is 0.732. The van der Waals surface area contributed by atoms with Crippen molar-refractivity contribution >= 4 is 12.1 Å². The fraction of sp³-hybridized carbons (Fsp3) is 0.273. The minimum atomic E-state index is -1.17. The molecule has 0 aliphatic rings. The van der Waals surface area contributed by atoms with Gasteiger partial charge in [-0.15, -0.1) is 0 Å². The van der Waals surface area contributed by atoms with Crippen LogP contribution in [0.1, 0.15) is 18.0 Å². The number of benzene rings is 1. The molecule has 2 N–H and O–H groups in total. The molecular formula is C11H13NO4. The highest BCUT2D eigenvalue weighted by Gasteiger charge is 2.17. The number of carboxylic acid groups (broad SMARTS) is 1. The Kier molecular flexibility index (Phi) is 4.32. The molecule has 16 heavy (non-hydrogen) atoms. The third kappa shape index (κ3) is 3.61. The summed E-state index contributed by atoms with van der Waals surface area (Å²) in [6.07, 6.45) is -1.19. The van der Waals surface area contributed by atoms with Gasteiger partial charge in [0.25, 0.3) is 0 Å². The summed E-state index contributed by atoms with van der Waals surface area (Å²) < 4.78 is 4.51. The van der Waals surface area contributed by atoms with E-state index in [1.165, 1.54) is 7.11 Å². The molecule has 1 aromatic rings. The van der Waals surface area contributed by atoms with Crippen molar-refractivity contribution < 1.29 is 19.4 Å². The predicted octanol–water partition coefficient (Wildman–Crippen LogP) is 1.56. The molecule has 0 radical (unpaired) electrons. The number of hydrogen-bond donors (Lipinski definition) is 2. The van der Waals surface area contributed by atoms with E-state index in [1.54, 1.807) is 24.3 Å². The van der Waals surface area contributed by atoms with Crippen molar-refractivity contribution in [1.82, 2.24) is 5.32 Å². The van der Waals surface area contributed by atoms with Gasteiger partial charge < -0.3 is 15.2 Å². The third-order valence-electron chi connectivity index (χ3n) is 2.10. The van der Waals surface area contributed by atoms with Crippen LogP contribution in [0.15, 0.2) is 30.3 Å². The number of ether oxygens (including phenoxy) is 1. The Balaban J connectivity index is 2.79. The highest BCUT2D eigenvalue weighted by Crippen LogP contribution is 2.16. The van der Waals surface area contributed by atoms with E-state index in [-0.39, 0.29) is 6.42 Å². The lowest BCUT2D eigenvalue weighted by Gasteiger charge is -2.15. The first-order chi connectivity index (χ1) is 7.63. The van der Waals surface area contributed by atoms with Crippen LogP contribution in [0.5, 0.6) is 0 Å². The van der Waals surface area contributed by atoms with Crippen LogP contribution in [-0.4, -0.2) is 24.3 Å². The Morgan fingerprint density at radius 2 is 2.00 bits per heavy atom. The topological polar surface area (TPSA) is 75.6 Å². The Hall–Kier alpha value is -2.04. The van der Waals surface area contributed by atoms with E-state index in [1.807, 2.05) is 6.07 Å². The van der Waals surface area contributed by atoms with Crippen molar-refractivity contribution in [2.45, 2.75) is 12.5 Å². The second-order valence-corrected chi connectivity index (χ2v) is 3.19. The molecule has 0 heterocycles. The number of carbonyl (C=O) groups excluding carboxylic acids is 1. The molecule has 5 heteroatoms. The van der Waals surface area contributed by atoms with Gasteiger partial charge >= 0.3 is 12.1 Å². The molecule has 0 saturated carbocycles. The maximum Gasteiger partial charge on any atom is 0.405 e. The quantitative estimate of drug-likeness (QED) is 0.759. The van der Waals surface area contributed by atoms with E-state index in [4.69, 9.17) is 5.11 Å². The van der Waals surface area contributed by atoms with E-state index < -0.39 is 18.1 Å². The summed E-state index contributed by atoms with van der Waals surface area (Å²) in [7, 11) is 1.27. The number of rotatable bonds is 4. The molecule has 1 unspecified atom stereocenters. The number of nitrogens with one attached hydrogen (secondary N) is 1. The lowest BCUT2D eigenvalue weighted by atomic mass is 10.0. The fourth-order valence-electron chi connectivity index (χ4n) is 1.34. The molecular weight excluding hydrogens is 210 g/mol. The molecule has 1 atom stereocenters. The molecule has 0 saturated heterocycles. The zero-order valence-corrected chi connectivity index (χ0v) is 8.84. The lowest BCUT2D eigenvalue weighted by Crippen LogP contribution is -2.28. The molecule has 0 bridgehead atoms. The molecule has 0 aliphatic carbocycles. The number of amides is 1. The van der Waals surface area contributed by atoms with Gasteiger partial charge in [-0.05, 0) is 5.56 Å². The molecule has 0 spiro atoms. The average Bonchev–Trinajstić information content (AvgIpc) is 2.28. The van der Waals surface area contributed by atoms with Gasteiger partial charge in [-0.1, -0.05) is 30.3 Å². The SMILES string of the molecule is COC(=O)CC(NC(=O)O)c1ccccc1. The van der Waals surface area contributed by atoms with Crippen molar-refractivity contribution in [3.8, 4) is 0 Å². The summed E-state index contributed by atoms with van der Waals surface area (Å²) in [6.45, 7) is 0. The monoisotopic (exact) mass is 223 g/mol. The lowest BCUT2D eigenvalue weighted by molar-refractivity contribution is -0.141. The van der Waals surface area contributed by atoms with Gasteiger partial charge in [-0.25, -0.2) is 4.79 Å². The highest BCUT2D eigenvalue weighted by molar-refractivity contribution is 5.72. The maximum absolute atomic E-state index is 11.1. The summed E-state index contributed by atoms with van der Waals surface area (Å²) in [4.78, 5) is 21.7. The molecule has 0 aliphatic heterocycles. The van der Waals surface area contributed by atoms with Gasteiger partial charge in [0.15, 0.2) is 0 Å². The number of esters is 1.